The van der Waals surface area contributed by atoms with Crippen molar-refractivity contribution in [3.05, 3.63) is 149 Å². The van der Waals surface area contributed by atoms with Gasteiger partial charge in [-0.1, -0.05) is 91.0 Å². The maximum absolute atomic E-state index is 14.0. The number of hydrogen-bond donors (Lipinski definition) is 3. The zero-order valence-electron chi connectivity index (χ0n) is 24.9. The van der Waals surface area contributed by atoms with Crippen molar-refractivity contribution in [3.63, 3.8) is 0 Å². The topological polar surface area (TPSA) is 112 Å². The second-order valence-electron chi connectivity index (χ2n) is 10.9. The van der Waals surface area contributed by atoms with Crippen LogP contribution in [0.25, 0.3) is 5.70 Å². The minimum absolute atomic E-state index is 0.0226. The van der Waals surface area contributed by atoms with E-state index in [1.54, 1.807) is 0 Å². The molecular weight excluding hydrogens is 599 g/mol. The van der Waals surface area contributed by atoms with Crippen LogP contribution in [0.2, 0.25) is 0 Å². The minimum atomic E-state index is -1.61. The molecule has 1 saturated heterocycles. The van der Waals surface area contributed by atoms with Crippen LogP contribution in [0.15, 0.2) is 109 Å². The lowest BCUT2D eigenvalue weighted by Crippen LogP contribution is -2.66. The lowest BCUT2D eigenvalue weighted by Gasteiger charge is -2.47. The number of hydrogen-bond acceptors (Lipinski definition) is 8. The van der Waals surface area contributed by atoms with Crippen LogP contribution in [-0.4, -0.2) is 47.4 Å². The first-order chi connectivity index (χ1) is 22.3. The molecule has 8 nitrogen and oxygen atoms in total. The fraction of sp³-hybridized carbons (Fsp3) is 0.257. The zero-order valence-corrected chi connectivity index (χ0v) is 24.9. The second kappa shape index (κ2) is 15.9. The van der Waals surface area contributed by atoms with Gasteiger partial charge in [0.25, 0.3) is 0 Å². The third kappa shape index (κ3) is 8.52. The molecule has 1 aliphatic rings. The Balaban J connectivity index is 1.46. The standard InChI is InChI=1S/C35H36F3N3O5/c36-27-16-26(17-28(37)31(27)38)29(39)18-41(40)32-33(44-20-24-12-6-2-7-13-24)30(22-43-19-23-10-4-1-5-11-23)46-35(42)34(32)45-21-25-14-8-3-9-15-25/h1-18,30,32-35,42H,19-22,39-40H2/b29-18-. The van der Waals surface area contributed by atoms with Gasteiger partial charge in [0.1, 0.15) is 24.4 Å². The summed E-state index contributed by atoms with van der Waals surface area (Å²) >= 11 is 0. The van der Waals surface area contributed by atoms with Gasteiger partial charge in [0.05, 0.1) is 32.1 Å². The fourth-order valence-electron chi connectivity index (χ4n) is 5.21. The molecule has 4 aromatic carbocycles. The van der Waals surface area contributed by atoms with Gasteiger partial charge in [0.15, 0.2) is 23.7 Å². The molecule has 1 fully saturated rings. The maximum Gasteiger partial charge on any atom is 0.194 e. The minimum Gasteiger partial charge on any atom is -0.397 e. The number of aliphatic hydroxyl groups excluding tert-OH is 1. The smallest absolute Gasteiger partial charge is 0.194 e. The Morgan fingerprint density at radius 2 is 1.24 bits per heavy atom. The Labute approximate surface area is 265 Å². The molecule has 5 rings (SSSR count). The third-order valence-corrected chi connectivity index (χ3v) is 7.55. The number of hydrazine groups is 1. The fourth-order valence-corrected chi connectivity index (χ4v) is 5.21. The van der Waals surface area contributed by atoms with E-state index in [0.29, 0.717) is 0 Å². The Kier molecular flexibility index (Phi) is 11.4. The quantitative estimate of drug-likeness (QED) is 0.107. The molecule has 242 valence electrons. The van der Waals surface area contributed by atoms with E-state index in [4.69, 9.17) is 30.5 Å². The third-order valence-electron chi connectivity index (χ3n) is 7.55. The monoisotopic (exact) mass is 635 g/mol. The first-order valence-electron chi connectivity index (χ1n) is 14.7. The van der Waals surface area contributed by atoms with Gasteiger partial charge in [0, 0.05) is 11.8 Å². The average Bonchev–Trinajstić information content (AvgIpc) is 3.07. The summed E-state index contributed by atoms with van der Waals surface area (Å²) in [6.07, 6.45) is -3.02. The summed E-state index contributed by atoms with van der Waals surface area (Å²) < 4.78 is 66.4. The first kappa shape index (κ1) is 33.1. The van der Waals surface area contributed by atoms with Crippen LogP contribution in [0.5, 0.6) is 0 Å². The van der Waals surface area contributed by atoms with Crippen molar-refractivity contribution >= 4 is 5.70 Å². The highest BCUT2D eigenvalue weighted by Gasteiger charge is 2.49. The molecule has 0 aromatic heterocycles. The van der Waals surface area contributed by atoms with E-state index in [-0.39, 0.29) is 37.7 Å². The van der Waals surface area contributed by atoms with Crippen LogP contribution in [0, 0.1) is 17.5 Å². The summed E-state index contributed by atoms with van der Waals surface area (Å²) in [6.45, 7) is 0.560. The van der Waals surface area contributed by atoms with Crippen molar-refractivity contribution < 1.29 is 37.2 Å². The van der Waals surface area contributed by atoms with E-state index in [1.807, 2.05) is 91.0 Å². The van der Waals surface area contributed by atoms with Gasteiger partial charge in [0.2, 0.25) is 0 Å². The molecule has 0 aliphatic carbocycles. The lowest BCUT2D eigenvalue weighted by atomic mass is 9.95. The summed E-state index contributed by atoms with van der Waals surface area (Å²) in [5, 5.41) is 12.4. The van der Waals surface area contributed by atoms with E-state index >= 15 is 0 Å². The Hall–Kier alpha value is -4.23. The molecule has 0 spiro atoms. The number of aliphatic hydroxyl groups is 1. The van der Waals surface area contributed by atoms with Gasteiger partial charge >= 0.3 is 0 Å². The predicted molar refractivity (Wildman–Crippen MR) is 165 cm³/mol. The highest BCUT2D eigenvalue weighted by atomic mass is 19.2. The molecule has 0 amide bonds. The molecule has 5 atom stereocenters. The van der Waals surface area contributed by atoms with Crippen molar-refractivity contribution in [3.8, 4) is 0 Å². The summed E-state index contributed by atoms with van der Waals surface area (Å²) in [5.74, 6) is 2.18. The average molecular weight is 636 g/mol. The zero-order chi connectivity index (χ0) is 32.5. The molecule has 1 heterocycles. The van der Waals surface area contributed by atoms with Crippen molar-refractivity contribution in [2.45, 2.75) is 50.5 Å². The van der Waals surface area contributed by atoms with Crippen LogP contribution < -0.4 is 11.6 Å². The van der Waals surface area contributed by atoms with Crippen LogP contribution in [0.4, 0.5) is 13.2 Å². The van der Waals surface area contributed by atoms with Crippen molar-refractivity contribution in [2.24, 2.45) is 11.6 Å². The number of halogens is 3. The largest absolute Gasteiger partial charge is 0.397 e. The summed E-state index contributed by atoms with van der Waals surface area (Å²) in [6, 6.07) is 28.9. The van der Waals surface area contributed by atoms with Gasteiger partial charge in [-0.3, -0.25) is 0 Å². The predicted octanol–water partition coefficient (Wildman–Crippen LogP) is 5.01. The van der Waals surface area contributed by atoms with Gasteiger partial charge in [-0.15, -0.1) is 0 Å². The van der Waals surface area contributed by atoms with E-state index in [0.717, 1.165) is 33.8 Å². The molecule has 0 radical (unpaired) electrons. The second-order valence-corrected chi connectivity index (χ2v) is 10.9. The normalized spacial score (nSPS) is 21.7. The van der Waals surface area contributed by atoms with Crippen molar-refractivity contribution in [1.82, 2.24) is 5.01 Å². The highest BCUT2D eigenvalue weighted by molar-refractivity contribution is 5.62. The molecule has 1 aliphatic heterocycles. The number of nitrogens with two attached hydrogens (primary N) is 2. The molecule has 5 N–H and O–H groups in total. The number of nitrogens with zero attached hydrogens (tertiary/aromatic N) is 1. The van der Waals surface area contributed by atoms with Gasteiger partial charge in [-0.05, 0) is 28.8 Å². The molecule has 0 saturated carbocycles. The molecular formula is C35H36F3N3O5. The lowest BCUT2D eigenvalue weighted by molar-refractivity contribution is -0.295. The van der Waals surface area contributed by atoms with Crippen LogP contribution in [-0.2, 0) is 38.8 Å². The summed E-state index contributed by atoms with van der Waals surface area (Å²) in [5.41, 5.74) is 8.55. The Morgan fingerprint density at radius 3 is 1.76 bits per heavy atom. The Bertz CT molecular complexity index is 1540. The van der Waals surface area contributed by atoms with Gasteiger partial charge in [-0.25, -0.2) is 19.0 Å². The molecule has 11 heteroatoms. The number of ether oxygens (including phenoxy) is 4. The van der Waals surface area contributed by atoms with Crippen LogP contribution in [0.1, 0.15) is 22.3 Å². The van der Waals surface area contributed by atoms with Gasteiger partial charge in [-0.2, -0.15) is 0 Å². The van der Waals surface area contributed by atoms with Crippen LogP contribution in [0.3, 0.4) is 0 Å². The SMILES string of the molecule is N/C(=C\N(N)C1C(OCc2ccccc2)C(O)OC(COCc2ccccc2)C1OCc1ccccc1)c1cc(F)c(F)c(F)c1. The molecule has 46 heavy (non-hydrogen) atoms. The van der Waals surface area contributed by atoms with E-state index in [1.165, 1.54) is 6.20 Å². The number of benzene rings is 4. The summed E-state index contributed by atoms with van der Waals surface area (Å²) in [7, 11) is 0. The van der Waals surface area contributed by atoms with E-state index in [2.05, 4.69) is 0 Å². The van der Waals surface area contributed by atoms with E-state index in [9.17, 15) is 18.3 Å². The maximum atomic E-state index is 14.0. The Morgan fingerprint density at radius 1 is 0.761 bits per heavy atom. The molecule has 0 bridgehead atoms. The van der Waals surface area contributed by atoms with E-state index < -0.39 is 48.1 Å². The van der Waals surface area contributed by atoms with Gasteiger partial charge < -0.3 is 34.8 Å². The van der Waals surface area contributed by atoms with Crippen LogP contribution >= 0.6 is 0 Å². The molecule has 4 aromatic rings. The number of rotatable bonds is 13. The first-order valence-corrected chi connectivity index (χ1v) is 14.7. The highest BCUT2D eigenvalue weighted by Crippen LogP contribution is 2.30. The summed E-state index contributed by atoms with van der Waals surface area (Å²) in [4.78, 5) is 0. The van der Waals surface area contributed by atoms with Crippen molar-refractivity contribution in [1.29, 1.82) is 0 Å². The van der Waals surface area contributed by atoms with Crippen molar-refractivity contribution in [2.75, 3.05) is 6.61 Å². The molecule has 5 unspecified atom stereocenters.